The molecule has 0 aliphatic carbocycles. The molecule has 0 bridgehead atoms. The summed E-state index contributed by atoms with van der Waals surface area (Å²) in [6.07, 6.45) is 0. The molecule has 7 heteroatoms. The van der Waals surface area contributed by atoms with Crippen LogP contribution < -0.4 is 9.64 Å². The Morgan fingerprint density at radius 2 is 1.70 bits per heavy atom. The Labute approximate surface area is 147 Å². The van der Waals surface area contributed by atoms with Crippen molar-refractivity contribution in [2.45, 2.75) is 0 Å². The molecule has 0 radical (unpaired) electrons. The zero-order valence-corrected chi connectivity index (χ0v) is 14.0. The van der Waals surface area contributed by atoms with Gasteiger partial charge < -0.3 is 4.74 Å². The van der Waals surface area contributed by atoms with E-state index < -0.39 is 11.7 Å². The molecule has 0 saturated heterocycles. The van der Waals surface area contributed by atoms with Crippen LogP contribution in [0, 0.1) is 0 Å². The number of ketones is 1. The Bertz CT molecular complexity index is 787. The van der Waals surface area contributed by atoms with E-state index in [0.29, 0.717) is 32.1 Å². The lowest BCUT2D eigenvalue weighted by molar-refractivity contribution is -0.114. The molecule has 0 saturated carbocycles. The molecule has 2 aromatic rings. The van der Waals surface area contributed by atoms with Crippen LogP contribution in [0.15, 0.2) is 36.4 Å². The summed E-state index contributed by atoms with van der Waals surface area (Å²) in [5, 5.41) is 1.26. The van der Waals surface area contributed by atoms with Crippen LogP contribution in [0.25, 0.3) is 0 Å². The van der Waals surface area contributed by atoms with Gasteiger partial charge in [-0.25, -0.2) is 0 Å². The lowest BCUT2D eigenvalue weighted by atomic mass is 10.1. The maximum atomic E-state index is 12.1. The number of hydrogen-bond donors (Lipinski definition) is 0. The first-order chi connectivity index (χ1) is 11.0. The quantitative estimate of drug-likeness (QED) is 0.756. The van der Waals surface area contributed by atoms with Gasteiger partial charge in [-0.1, -0.05) is 40.9 Å². The summed E-state index contributed by atoms with van der Waals surface area (Å²) in [5.74, 6) is -0.686. The number of fused-ring (bicyclic) bond motifs is 1. The summed E-state index contributed by atoms with van der Waals surface area (Å²) in [6, 6.07) is 9.68. The highest BCUT2D eigenvalue weighted by atomic mass is 35.5. The number of benzene rings is 2. The van der Waals surface area contributed by atoms with Crippen LogP contribution >= 0.6 is 34.8 Å². The Morgan fingerprint density at radius 3 is 2.39 bits per heavy atom. The third-order valence-corrected chi connectivity index (χ3v) is 4.10. The fourth-order valence-corrected chi connectivity index (χ4v) is 3.17. The van der Waals surface area contributed by atoms with Gasteiger partial charge in [0, 0.05) is 10.0 Å². The van der Waals surface area contributed by atoms with E-state index in [-0.39, 0.29) is 13.2 Å². The Morgan fingerprint density at radius 1 is 1.00 bits per heavy atom. The van der Waals surface area contributed by atoms with Crippen LogP contribution in [-0.4, -0.2) is 24.8 Å². The van der Waals surface area contributed by atoms with Crippen LogP contribution in [0.3, 0.4) is 0 Å². The van der Waals surface area contributed by atoms with Crippen molar-refractivity contribution >= 4 is 52.2 Å². The molecular weight excluding hydrogens is 361 g/mol. The van der Waals surface area contributed by atoms with Crippen LogP contribution in [0.5, 0.6) is 5.75 Å². The zero-order valence-electron chi connectivity index (χ0n) is 11.7. The molecule has 0 aromatic heterocycles. The van der Waals surface area contributed by atoms with Gasteiger partial charge in [0.05, 0.1) is 22.8 Å². The summed E-state index contributed by atoms with van der Waals surface area (Å²) >= 11 is 17.9. The number of para-hydroxylation sites is 1. The first-order valence-electron chi connectivity index (χ1n) is 6.71. The van der Waals surface area contributed by atoms with Crippen LogP contribution in [0.4, 0.5) is 5.69 Å². The molecule has 1 amide bonds. The minimum atomic E-state index is -0.610. The van der Waals surface area contributed by atoms with Gasteiger partial charge in [0.2, 0.25) is 0 Å². The molecule has 0 unspecified atom stereocenters. The third kappa shape index (κ3) is 3.15. The molecule has 0 atom stereocenters. The van der Waals surface area contributed by atoms with Crippen molar-refractivity contribution in [1.82, 2.24) is 0 Å². The van der Waals surface area contributed by atoms with E-state index in [0.717, 1.165) is 0 Å². The molecule has 1 heterocycles. The number of Topliss-reactive ketones (excluding diaryl/α,β-unsaturated/α-hetero) is 1. The highest BCUT2D eigenvalue weighted by molar-refractivity contribution is 6.54. The molecule has 4 nitrogen and oxygen atoms in total. The van der Waals surface area contributed by atoms with E-state index in [1.807, 2.05) is 0 Å². The minimum Gasteiger partial charge on any atom is -0.492 e. The maximum Gasteiger partial charge on any atom is 0.299 e. The van der Waals surface area contributed by atoms with Crippen molar-refractivity contribution in [3.63, 3.8) is 0 Å². The summed E-state index contributed by atoms with van der Waals surface area (Å²) in [6.45, 7) is 0.353. The second-order valence-electron chi connectivity index (χ2n) is 4.88. The third-order valence-electron chi connectivity index (χ3n) is 3.36. The monoisotopic (exact) mass is 369 g/mol. The second-order valence-corrected chi connectivity index (χ2v) is 6.16. The topological polar surface area (TPSA) is 46.6 Å². The number of amides is 1. The van der Waals surface area contributed by atoms with Gasteiger partial charge in [0.25, 0.3) is 11.7 Å². The summed E-state index contributed by atoms with van der Waals surface area (Å²) in [4.78, 5) is 25.4. The van der Waals surface area contributed by atoms with E-state index in [1.165, 1.54) is 4.90 Å². The minimum absolute atomic E-state index is 0.167. The Balaban J connectivity index is 1.74. The smallest absolute Gasteiger partial charge is 0.299 e. The molecule has 3 rings (SSSR count). The molecule has 1 aliphatic heterocycles. The number of carbonyl (C=O) groups is 2. The van der Waals surface area contributed by atoms with Crippen molar-refractivity contribution < 1.29 is 14.3 Å². The van der Waals surface area contributed by atoms with Gasteiger partial charge in [0.1, 0.15) is 12.4 Å². The zero-order chi connectivity index (χ0) is 16.6. The van der Waals surface area contributed by atoms with Crippen LogP contribution in [0.1, 0.15) is 10.4 Å². The second kappa shape index (κ2) is 6.40. The summed E-state index contributed by atoms with van der Waals surface area (Å²) < 4.78 is 5.55. The molecule has 1 aliphatic rings. The molecule has 0 spiro atoms. The molecular formula is C16H10Cl3NO3. The highest BCUT2D eigenvalue weighted by Crippen LogP contribution is 2.35. The van der Waals surface area contributed by atoms with E-state index in [9.17, 15) is 9.59 Å². The first kappa shape index (κ1) is 16.1. The summed E-state index contributed by atoms with van der Waals surface area (Å²) in [7, 11) is 0. The number of anilines is 1. The average Bonchev–Trinajstić information content (AvgIpc) is 2.73. The molecule has 118 valence electrons. The summed E-state index contributed by atoms with van der Waals surface area (Å²) in [5.41, 5.74) is 0.741. The van der Waals surface area contributed by atoms with E-state index in [1.54, 1.807) is 36.4 Å². The normalized spacial score (nSPS) is 13.4. The van der Waals surface area contributed by atoms with Crippen molar-refractivity contribution in [1.29, 1.82) is 0 Å². The Hall–Kier alpha value is -1.75. The lowest BCUT2D eigenvalue weighted by Crippen LogP contribution is -2.33. The molecule has 0 fully saturated rings. The predicted octanol–water partition coefficient (Wildman–Crippen LogP) is 4.26. The van der Waals surface area contributed by atoms with Crippen LogP contribution in [0.2, 0.25) is 15.1 Å². The largest absolute Gasteiger partial charge is 0.492 e. The number of rotatable bonds is 4. The number of nitrogens with zero attached hydrogens (tertiary/aromatic N) is 1. The van der Waals surface area contributed by atoms with Crippen molar-refractivity contribution in [2.75, 3.05) is 18.1 Å². The fourth-order valence-electron chi connectivity index (χ4n) is 2.39. The molecule has 2 aromatic carbocycles. The van der Waals surface area contributed by atoms with E-state index in [4.69, 9.17) is 39.5 Å². The van der Waals surface area contributed by atoms with Gasteiger partial charge in [-0.3, -0.25) is 14.5 Å². The van der Waals surface area contributed by atoms with Gasteiger partial charge in [-0.05, 0) is 30.3 Å². The maximum absolute atomic E-state index is 12.1. The fraction of sp³-hybridized carbons (Fsp3) is 0.125. The predicted molar refractivity (Wildman–Crippen MR) is 90.1 cm³/mol. The van der Waals surface area contributed by atoms with Crippen molar-refractivity contribution in [2.24, 2.45) is 0 Å². The number of ether oxygens (including phenoxy) is 1. The van der Waals surface area contributed by atoms with Gasteiger partial charge in [-0.15, -0.1) is 0 Å². The SMILES string of the molecule is O=C1C(=O)N(CCOc2cc(Cl)cc(Cl)c2)c2c(Cl)cccc21. The highest BCUT2D eigenvalue weighted by Gasteiger charge is 2.37. The van der Waals surface area contributed by atoms with Gasteiger partial charge in [0.15, 0.2) is 0 Å². The first-order valence-corrected chi connectivity index (χ1v) is 7.84. The van der Waals surface area contributed by atoms with Gasteiger partial charge in [-0.2, -0.15) is 0 Å². The molecule has 23 heavy (non-hydrogen) atoms. The van der Waals surface area contributed by atoms with Gasteiger partial charge >= 0.3 is 0 Å². The number of hydrogen-bond acceptors (Lipinski definition) is 3. The average molecular weight is 371 g/mol. The van der Waals surface area contributed by atoms with E-state index >= 15 is 0 Å². The van der Waals surface area contributed by atoms with E-state index in [2.05, 4.69) is 0 Å². The number of carbonyl (C=O) groups excluding carboxylic acids is 2. The molecule has 0 N–H and O–H groups in total. The Kier molecular flexibility index (Phi) is 4.48. The standard InChI is InChI=1S/C16H10Cl3NO3/c17-9-6-10(18)8-11(7-9)23-5-4-20-14-12(15(21)16(20)22)2-1-3-13(14)19/h1-3,6-8H,4-5H2. The van der Waals surface area contributed by atoms with Crippen molar-refractivity contribution in [3.8, 4) is 5.75 Å². The van der Waals surface area contributed by atoms with Crippen LogP contribution in [-0.2, 0) is 4.79 Å². The van der Waals surface area contributed by atoms with Crippen molar-refractivity contribution in [3.05, 3.63) is 57.0 Å². The number of halogens is 3. The lowest BCUT2D eigenvalue weighted by Gasteiger charge is -2.18.